The highest BCUT2D eigenvalue weighted by molar-refractivity contribution is 5.96. The van der Waals surface area contributed by atoms with E-state index < -0.39 is 35.3 Å². The maximum atomic E-state index is 12.2. The van der Waals surface area contributed by atoms with Crippen LogP contribution >= 0.6 is 0 Å². The van der Waals surface area contributed by atoms with Gasteiger partial charge in [-0.05, 0) is 24.3 Å². The van der Waals surface area contributed by atoms with Gasteiger partial charge >= 0.3 is 17.9 Å². The number of para-hydroxylation sites is 2. The minimum Gasteiger partial charge on any atom is -0.507 e. The molecule has 11 nitrogen and oxygen atoms in total. The molecule has 0 spiro atoms. The van der Waals surface area contributed by atoms with Crippen LogP contribution in [0.15, 0.2) is 55.0 Å². The molecule has 2 aromatic carbocycles. The van der Waals surface area contributed by atoms with E-state index in [0.29, 0.717) is 5.69 Å². The quantitative estimate of drug-likeness (QED) is 0.194. The Morgan fingerprint density at radius 2 is 1.68 bits per heavy atom. The van der Waals surface area contributed by atoms with Gasteiger partial charge in [-0.1, -0.05) is 18.2 Å². The molecule has 0 bridgehead atoms. The first-order chi connectivity index (χ1) is 14.9. The number of carbonyl (C=O) groups excluding carboxylic acids is 3. The minimum absolute atomic E-state index is 0.115. The molecule has 0 aliphatic rings. The van der Waals surface area contributed by atoms with Crippen LogP contribution in [0.5, 0.6) is 17.2 Å². The van der Waals surface area contributed by atoms with Gasteiger partial charge in [0.2, 0.25) is 0 Å². The molecule has 1 heterocycles. The molecule has 31 heavy (non-hydrogen) atoms. The predicted molar refractivity (Wildman–Crippen MR) is 103 cm³/mol. The van der Waals surface area contributed by atoms with Gasteiger partial charge in [-0.3, -0.25) is 0 Å². The van der Waals surface area contributed by atoms with Crippen LogP contribution in [0.4, 0.5) is 0 Å². The fraction of sp³-hybridized carbons (Fsp3) is 0.100. The third-order valence-corrected chi connectivity index (χ3v) is 4.04. The number of nitrogens with zero attached hydrogens (tertiary/aromatic N) is 1. The molecule has 1 aromatic heterocycles. The van der Waals surface area contributed by atoms with E-state index in [9.17, 15) is 24.6 Å². The van der Waals surface area contributed by atoms with Crippen molar-refractivity contribution in [1.29, 1.82) is 0 Å². The van der Waals surface area contributed by atoms with Crippen LogP contribution in [0.1, 0.15) is 26.4 Å². The van der Waals surface area contributed by atoms with Crippen molar-refractivity contribution in [3.63, 3.8) is 0 Å². The standard InChI is InChI=1S/C20H17N3O8/c21-14(8-11-9-22-10-23-11)20(28)29-16-7-3-5-13(17(16)25)19(27)31-30-18(26)12-4-1-2-6-15(12)24/h1-7,9-10,14,24-25H,8,21H2,(H,22,23). The third kappa shape index (κ3) is 5.16. The fourth-order valence-electron chi connectivity index (χ4n) is 2.48. The van der Waals surface area contributed by atoms with Gasteiger partial charge in [0.1, 0.15) is 22.9 Å². The number of ether oxygens (including phenoxy) is 1. The van der Waals surface area contributed by atoms with E-state index in [1.807, 2.05) is 0 Å². The van der Waals surface area contributed by atoms with Crippen molar-refractivity contribution in [2.75, 3.05) is 0 Å². The lowest BCUT2D eigenvalue weighted by atomic mass is 10.1. The Hall–Kier alpha value is -4.38. The highest BCUT2D eigenvalue weighted by Gasteiger charge is 2.24. The molecule has 0 saturated carbocycles. The smallest absolute Gasteiger partial charge is 0.390 e. The van der Waals surface area contributed by atoms with E-state index in [0.717, 1.165) is 6.07 Å². The lowest BCUT2D eigenvalue weighted by Gasteiger charge is -2.12. The summed E-state index contributed by atoms with van der Waals surface area (Å²) in [6, 6.07) is 8.12. The highest BCUT2D eigenvalue weighted by Crippen LogP contribution is 2.31. The summed E-state index contributed by atoms with van der Waals surface area (Å²) in [5.41, 5.74) is 5.73. The molecule has 0 aliphatic heterocycles. The van der Waals surface area contributed by atoms with Gasteiger partial charge in [0, 0.05) is 18.3 Å². The fourth-order valence-corrected chi connectivity index (χ4v) is 2.48. The zero-order chi connectivity index (χ0) is 22.4. The second kappa shape index (κ2) is 9.41. The van der Waals surface area contributed by atoms with E-state index in [1.54, 1.807) is 0 Å². The molecule has 3 aromatic rings. The summed E-state index contributed by atoms with van der Waals surface area (Å²) in [4.78, 5) is 51.7. The van der Waals surface area contributed by atoms with E-state index >= 15 is 0 Å². The predicted octanol–water partition coefficient (Wildman–Crippen LogP) is 1.23. The van der Waals surface area contributed by atoms with Crippen LogP contribution in [-0.4, -0.2) is 44.1 Å². The van der Waals surface area contributed by atoms with Crippen molar-refractivity contribution in [1.82, 2.24) is 9.97 Å². The SMILES string of the molecule is NC(Cc1cnc[nH]1)C(=O)Oc1cccc(C(=O)OOC(=O)c2ccccc2O)c1O. The molecular formula is C20H17N3O8. The molecule has 0 aliphatic carbocycles. The number of nitrogens with two attached hydrogens (primary N) is 1. The number of benzene rings is 2. The number of esters is 1. The number of carbonyl (C=O) groups is 3. The van der Waals surface area contributed by atoms with Crippen molar-refractivity contribution in [3.8, 4) is 17.2 Å². The summed E-state index contributed by atoms with van der Waals surface area (Å²) in [5.74, 6) is -4.65. The zero-order valence-corrected chi connectivity index (χ0v) is 15.8. The van der Waals surface area contributed by atoms with E-state index in [-0.39, 0.29) is 23.5 Å². The number of aromatic hydroxyl groups is 2. The van der Waals surface area contributed by atoms with Crippen LogP contribution in [0.25, 0.3) is 0 Å². The summed E-state index contributed by atoms with van der Waals surface area (Å²) in [7, 11) is 0. The van der Waals surface area contributed by atoms with Gasteiger partial charge in [0.05, 0.1) is 6.33 Å². The first-order valence-electron chi connectivity index (χ1n) is 8.84. The zero-order valence-electron chi connectivity index (χ0n) is 15.8. The first kappa shape index (κ1) is 21.3. The largest absolute Gasteiger partial charge is 0.507 e. The topological polar surface area (TPSA) is 174 Å². The Bertz CT molecular complexity index is 1100. The Kier molecular flexibility index (Phi) is 6.48. The number of aromatic amines is 1. The molecule has 160 valence electrons. The molecule has 1 unspecified atom stereocenters. The molecule has 0 fully saturated rings. The minimum atomic E-state index is -1.24. The van der Waals surface area contributed by atoms with Gasteiger partial charge in [-0.2, -0.15) is 0 Å². The van der Waals surface area contributed by atoms with Crippen LogP contribution in [-0.2, 0) is 21.0 Å². The second-order valence-corrected chi connectivity index (χ2v) is 6.22. The van der Waals surface area contributed by atoms with Crippen LogP contribution in [0.3, 0.4) is 0 Å². The van der Waals surface area contributed by atoms with E-state index in [1.165, 1.54) is 48.9 Å². The number of phenolic OH excluding ortho intramolecular Hbond substituents is 2. The Labute approximate surface area is 174 Å². The molecule has 3 rings (SSSR count). The summed E-state index contributed by atoms with van der Waals surface area (Å²) in [6.07, 6.45) is 3.04. The monoisotopic (exact) mass is 427 g/mol. The third-order valence-electron chi connectivity index (χ3n) is 4.04. The molecule has 11 heteroatoms. The van der Waals surface area contributed by atoms with Crippen LogP contribution in [0, 0.1) is 0 Å². The number of hydrogen-bond acceptors (Lipinski definition) is 10. The summed E-state index contributed by atoms with van der Waals surface area (Å²) < 4.78 is 5.06. The van der Waals surface area contributed by atoms with Crippen molar-refractivity contribution in [2.45, 2.75) is 12.5 Å². The normalized spacial score (nSPS) is 11.4. The maximum Gasteiger partial charge on any atom is 0.390 e. The van der Waals surface area contributed by atoms with Crippen molar-refractivity contribution in [2.24, 2.45) is 5.73 Å². The average Bonchev–Trinajstić information content (AvgIpc) is 3.26. The first-order valence-corrected chi connectivity index (χ1v) is 8.84. The van der Waals surface area contributed by atoms with E-state index in [2.05, 4.69) is 19.7 Å². The number of phenols is 2. The second-order valence-electron chi connectivity index (χ2n) is 6.22. The molecular weight excluding hydrogens is 410 g/mol. The van der Waals surface area contributed by atoms with Crippen molar-refractivity contribution < 1.29 is 39.1 Å². The number of imidazole rings is 1. The summed E-state index contributed by atoms with van der Waals surface area (Å²) >= 11 is 0. The van der Waals surface area contributed by atoms with Gasteiger partial charge in [-0.15, -0.1) is 0 Å². The van der Waals surface area contributed by atoms with E-state index in [4.69, 9.17) is 10.5 Å². The number of hydrogen-bond donors (Lipinski definition) is 4. The molecule has 1 atom stereocenters. The number of nitrogens with one attached hydrogen (secondary N) is 1. The highest BCUT2D eigenvalue weighted by atomic mass is 17.2. The lowest BCUT2D eigenvalue weighted by Crippen LogP contribution is -2.36. The Morgan fingerprint density at radius 3 is 2.35 bits per heavy atom. The van der Waals surface area contributed by atoms with Gasteiger partial charge in [0.25, 0.3) is 0 Å². The molecule has 5 N–H and O–H groups in total. The van der Waals surface area contributed by atoms with Crippen LogP contribution < -0.4 is 10.5 Å². The maximum absolute atomic E-state index is 12.2. The summed E-state index contributed by atoms with van der Waals surface area (Å²) in [5, 5.41) is 19.9. The number of rotatable bonds is 6. The Morgan fingerprint density at radius 1 is 1.00 bits per heavy atom. The number of aromatic nitrogens is 2. The summed E-state index contributed by atoms with van der Waals surface area (Å²) in [6.45, 7) is 0. The average molecular weight is 427 g/mol. The molecule has 0 amide bonds. The van der Waals surface area contributed by atoms with Gasteiger partial charge in [0.15, 0.2) is 11.5 Å². The van der Waals surface area contributed by atoms with Gasteiger partial charge in [-0.25, -0.2) is 29.1 Å². The molecule has 0 saturated heterocycles. The Balaban J connectivity index is 1.64. The molecule has 0 radical (unpaired) electrons. The lowest BCUT2D eigenvalue weighted by molar-refractivity contribution is -0.187. The van der Waals surface area contributed by atoms with Crippen LogP contribution in [0.2, 0.25) is 0 Å². The van der Waals surface area contributed by atoms with Gasteiger partial charge < -0.3 is 25.7 Å². The number of H-pyrrole nitrogens is 1. The van der Waals surface area contributed by atoms with Crippen molar-refractivity contribution in [3.05, 3.63) is 71.8 Å². The van der Waals surface area contributed by atoms with Crippen molar-refractivity contribution >= 4 is 17.9 Å².